The molecule has 3 aromatic rings. The summed E-state index contributed by atoms with van der Waals surface area (Å²) in [6, 6.07) is 23.4. The van der Waals surface area contributed by atoms with Crippen molar-refractivity contribution in [3.63, 3.8) is 0 Å². The van der Waals surface area contributed by atoms with Gasteiger partial charge in [-0.2, -0.15) is 5.01 Å². The zero-order valence-electron chi connectivity index (χ0n) is 16.4. The van der Waals surface area contributed by atoms with E-state index in [2.05, 4.69) is 10.6 Å². The number of carbonyl (C=O) groups excluding carboxylic acids is 1. The molecule has 0 saturated carbocycles. The Labute approximate surface area is 174 Å². The van der Waals surface area contributed by atoms with Gasteiger partial charge < -0.3 is 9.47 Å². The van der Waals surface area contributed by atoms with Crippen molar-refractivity contribution in [1.29, 1.82) is 0 Å². The topological polar surface area (TPSA) is 80.2 Å². The van der Waals surface area contributed by atoms with E-state index in [1.165, 1.54) is 5.01 Å². The van der Waals surface area contributed by atoms with E-state index in [0.29, 0.717) is 22.8 Å². The number of carbonyl (C=O) groups is 1. The summed E-state index contributed by atoms with van der Waals surface area (Å²) in [4.78, 5) is 23.2. The Morgan fingerprint density at radius 1 is 0.967 bits per heavy atom. The third kappa shape index (κ3) is 5.68. The normalized spacial score (nSPS) is 10.4. The van der Waals surface area contributed by atoms with Crippen LogP contribution in [0.5, 0.6) is 5.75 Å². The fraction of sp³-hybridized carbons (Fsp3) is 0.0870. The second kappa shape index (κ2) is 10.4. The molecule has 0 heterocycles. The van der Waals surface area contributed by atoms with E-state index in [1.807, 2.05) is 36.4 Å². The molecule has 0 atom stereocenters. The van der Waals surface area contributed by atoms with E-state index in [4.69, 9.17) is 9.47 Å². The Balaban J connectivity index is 1.54. The first kappa shape index (κ1) is 20.6. The predicted molar refractivity (Wildman–Crippen MR) is 118 cm³/mol. The Bertz CT molecular complexity index is 987. The molecular formula is C23H21N3O4. The summed E-state index contributed by atoms with van der Waals surface area (Å²) in [5.41, 5.74) is 2.72. The molecule has 0 saturated heterocycles. The van der Waals surface area contributed by atoms with Crippen LogP contribution in [0.3, 0.4) is 0 Å². The zero-order chi connectivity index (χ0) is 21.2. The van der Waals surface area contributed by atoms with Gasteiger partial charge in [0.05, 0.1) is 23.8 Å². The van der Waals surface area contributed by atoms with Gasteiger partial charge in [0.15, 0.2) is 0 Å². The van der Waals surface area contributed by atoms with E-state index < -0.39 is 6.09 Å². The van der Waals surface area contributed by atoms with E-state index in [1.54, 1.807) is 61.7 Å². The molecule has 1 amide bonds. The molecule has 0 fully saturated rings. The first-order valence-electron chi connectivity index (χ1n) is 9.22. The number of hydrogen-bond acceptors (Lipinski definition) is 5. The molecule has 0 aliphatic heterocycles. The van der Waals surface area contributed by atoms with Crippen LogP contribution in [0.25, 0.3) is 6.08 Å². The Hall–Kier alpha value is -4.13. The third-order valence-corrected chi connectivity index (χ3v) is 4.18. The summed E-state index contributed by atoms with van der Waals surface area (Å²) in [5.74, 6) is 0.682. The average molecular weight is 403 g/mol. The number of amides is 1. The standard InChI is InChI=1S/C23H21N3O4/c1-29-22-15-13-21(14-16-22)26(25-28)20-11-9-19(10-12-20)24-23(27)30-17-5-8-18-6-3-2-4-7-18/h2-16H,17H2,1H3,(H,24,27)/b8-5+. The summed E-state index contributed by atoms with van der Waals surface area (Å²) >= 11 is 0. The lowest BCUT2D eigenvalue weighted by Gasteiger charge is -2.16. The zero-order valence-corrected chi connectivity index (χ0v) is 16.4. The molecule has 152 valence electrons. The van der Waals surface area contributed by atoms with Crippen LogP contribution in [0.4, 0.5) is 21.9 Å². The summed E-state index contributed by atoms with van der Waals surface area (Å²) < 4.78 is 10.2. The van der Waals surface area contributed by atoms with Crippen LogP contribution in [-0.2, 0) is 4.74 Å². The number of benzene rings is 3. The van der Waals surface area contributed by atoms with Crippen LogP contribution in [0.2, 0.25) is 0 Å². The summed E-state index contributed by atoms with van der Waals surface area (Å²) in [5, 5.41) is 6.96. The highest BCUT2D eigenvalue weighted by Gasteiger charge is 2.10. The molecule has 1 N–H and O–H groups in total. The van der Waals surface area contributed by atoms with E-state index >= 15 is 0 Å². The van der Waals surface area contributed by atoms with Gasteiger partial charge in [0.1, 0.15) is 12.4 Å². The summed E-state index contributed by atoms with van der Waals surface area (Å²) in [6.45, 7) is 0.152. The van der Waals surface area contributed by atoms with Gasteiger partial charge in [0.2, 0.25) is 0 Å². The molecule has 0 unspecified atom stereocenters. The van der Waals surface area contributed by atoms with E-state index in [-0.39, 0.29) is 6.61 Å². The van der Waals surface area contributed by atoms with Gasteiger partial charge in [-0.15, -0.1) is 4.91 Å². The van der Waals surface area contributed by atoms with Crippen molar-refractivity contribution < 1.29 is 14.3 Å². The number of ether oxygens (including phenoxy) is 2. The van der Waals surface area contributed by atoms with Crippen molar-refractivity contribution in [2.24, 2.45) is 5.29 Å². The van der Waals surface area contributed by atoms with Crippen molar-refractivity contribution in [3.8, 4) is 5.75 Å². The molecule has 7 heteroatoms. The number of nitroso groups, excluding NO2 is 1. The fourth-order valence-corrected chi connectivity index (χ4v) is 2.68. The number of methoxy groups -OCH3 is 1. The van der Waals surface area contributed by atoms with Gasteiger partial charge in [-0.1, -0.05) is 36.4 Å². The maximum Gasteiger partial charge on any atom is 0.411 e. The van der Waals surface area contributed by atoms with E-state index in [0.717, 1.165) is 5.56 Å². The Kier molecular flexibility index (Phi) is 7.16. The molecule has 0 spiro atoms. The molecule has 0 aliphatic carbocycles. The van der Waals surface area contributed by atoms with Gasteiger partial charge in [0.25, 0.3) is 0 Å². The van der Waals surface area contributed by atoms with Crippen LogP contribution < -0.4 is 15.1 Å². The Morgan fingerprint density at radius 2 is 1.60 bits per heavy atom. The average Bonchev–Trinajstić information content (AvgIpc) is 2.79. The minimum absolute atomic E-state index is 0.152. The minimum atomic E-state index is -0.569. The quantitative estimate of drug-likeness (QED) is 0.381. The van der Waals surface area contributed by atoms with Crippen LogP contribution in [0.1, 0.15) is 5.56 Å². The van der Waals surface area contributed by atoms with Gasteiger partial charge in [0, 0.05) is 5.69 Å². The van der Waals surface area contributed by atoms with Gasteiger partial charge in [-0.3, -0.25) is 5.32 Å². The molecule has 0 aromatic heterocycles. The van der Waals surface area contributed by atoms with Crippen molar-refractivity contribution in [2.75, 3.05) is 24.0 Å². The van der Waals surface area contributed by atoms with Crippen LogP contribution in [0.15, 0.2) is 90.2 Å². The molecule has 3 aromatic carbocycles. The lowest BCUT2D eigenvalue weighted by molar-refractivity contribution is 0.174. The molecule has 3 rings (SSSR count). The van der Waals surface area contributed by atoms with Crippen LogP contribution in [0, 0.1) is 4.91 Å². The number of anilines is 3. The number of nitrogens with one attached hydrogen (secondary N) is 1. The lowest BCUT2D eigenvalue weighted by atomic mass is 10.2. The number of nitrogens with zero attached hydrogens (tertiary/aromatic N) is 2. The third-order valence-electron chi connectivity index (χ3n) is 4.18. The maximum atomic E-state index is 11.9. The van der Waals surface area contributed by atoms with Crippen molar-refractivity contribution in [1.82, 2.24) is 0 Å². The van der Waals surface area contributed by atoms with Crippen LogP contribution >= 0.6 is 0 Å². The predicted octanol–water partition coefficient (Wildman–Crippen LogP) is 5.78. The largest absolute Gasteiger partial charge is 0.497 e. The van der Waals surface area contributed by atoms with Crippen molar-refractivity contribution in [2.45, 2.75) is 0 Å². The molecule has 0 radical (unpaired) electrons. The summed E-state index contributed by atoms with van der Waals surface area (Å²) in [6.07, 6.45) is 3.07. The summed E-state index contributed by atoms with van der Waals surface area (Å²) in [7, 11) is 1.57. The lowest BCUT2D eigenvalue weighted by Crippen LogP contribution is -2.14. The molecule has 7 nitrogen and oxygen atoms in total. The van der Waals surface area contributed by atoms with Gasteiger partial charge >= 0.3 is 6.09 Å². The first-order valence-corrected chi connectivity index (χ1v) is 9.22. The first-order chi connectivity index (χ1) is 14.7. The van der Waals surface area contributed by atoms with Gasteiger partial charge in [-0.25, -0.2) is 4.79 Å². The molecular weight excluding hydrogens is 382 g/mol. The minimum Gasteiger partial charge on any atom is -0.497 e. The second-order valence-electron chi connectivity index (χ2n) is 6.17. The second-order valence-corrected chi connectivity index (χ2v) is 6.17. The Morgan fingerprint density at radius 3 is 2.20 bits per heavy atom. The van der Waals surface area contributed by atoms with Gasteiger partial charge in [-0.05, 0) is 60.2 Å². The maximum absolute atomic E-state index is 11.9. The SMILES string of the molecule is COc1ccc(N(N=O)c2ccc(NC(=O)OC/C=C/c3ccccc3)cc2)cc1. The molecule has 30 heavy (non-hydrogen) atoms. The molecule has 0 bridgehead atoms. The smallest absolute Gasteiger partial charge is 0.411 e. The van der Waals surface area contributed by atoms with Crippen molar-refractivity contribution in [3.05, 3.63) is 95.4 Å². The van der Waals surface area contributed by atoms with E-state index in [9.17, 15) is 9.70 Å². The highest BCUT2D eigenvalue weighted by molar-refractivity contribution is 5.85. The molecule has 0 aliphatic rings. The van der Waals surface area contributed by atoms with Crippen LogP contribution in [-0.4, -0.2) is 19.8 Å². The fourth-order valence-electron chi connectivity index (χ4n) is 2.68. The van der Waals surface area contributed by atoms with Crippen molar-refractivity contribution >= 4 is 29.2 Å². The highest BCUT2D eigenvalue weighted by atomic mass is 16.5. The highest BCUT2D eigenvalue weighted by Crippen LogP contribution is 2.28. The monoisotopic (exact) mass is 403 g/mol. The number of rotatable bonds is 8. The number of hydrogen-bond donors (Lipinski definition) is 1.